The van der Waals surface area contributed by atoms with Crippen molar-refractivity contribution in [1.29, 1.82) is 0 Å². The Morgan fingerprint density at radius 3 is 2.92 bits per heavy atom. The zero-order chi connectivity index (χ0) is 16.8. The number of aryl methyl sites for hydroxylation is 2. The van der Waals surface area contributed by atoms with Gasteiger partial charge in [-0.3, -0.25) is 4.98 Å². The minimum atomic E-state index is -0.494. The Hall–Kier alpha value is -1.91. The first-order chi connectivity index (χ1) is 11.7. The first-order valence-corrected chi connectivity index (χ1v) is 8.72. The molecule has 1 aromatic heterocycles. The largest absolute Gasteiger partial charge is 0.491 e. The van der Waals surface area contributed by atoms with Crippen LogP contribution in [0.1, 0.15) is 23.2 Å². The van der Waals surface area contributed by atoms with Crippen LogP contribution in [0.4, 0.5) is 0 Å². The lowest BCUT2D eigenvalue weighted by molar-refractivity contribution is 0.0766. The topological polar surface area (TPSA) is 45.6 Å². The number of hydrogen-bond acceptors (Lipinski definition) is 4. The Labute approximate surface area is 144 Å². The van der Waals surface area contributed by atoms with Gasteiger partial charge in [-0.25, -0.2) is 0 Å². The molecule has 1 heterocycles. The Kier molecular flexibility index (Phi) is 5.83. The number of aromatic nitrogens is 1. The molecule has 24 heavy (non-hydrogen) atoms. The molecule has 1 atom stereocenters. The van der Waals surface area contributed by atoms with Crippen molar-refractivity contribution < 1.29 is 9.84 Å². The lowest BCUT2D eigenvalue weighted by Crippen LogP contribution is -2.34. The summed E-state index contributed by atoms with van der Waals surface area (Å²) in [6.07, 6.45) is 5.77. The van der Waals surface area contributed by atoms with Crippen molar-refractivity contribution in [1.82, 2.24) is 9.88 Å². The molecular formula is C20H26N2O2. The van der Waals surface area contributed by atoms with E-state index in [2.05, 4.69) is 22.0 Å². The van der Waals surface area contributed by atoms with Crippen LogP contribution in [0.15, 0.2) is 42.6 Å². The Morgan fingerprint density at radius 2 is 2.08 bits per heavy atom. The van der Waals surface area contributed by atoms with Crippen LogP contribution in [0.25, 0.3) is 0 Å². The van der Waals surface area contributed by atoms with E-state index in [1.807, 2.05) is 37.5 Å². The fourth-order valence-electron chi connectivity index (χ4n) is 3.19. The number of aliphatic hydroxyl groups excluding tert-OH is 1. The van der Waals surface area contributed by atoms with E-state index < -0.39 is 6.10 Å². The van der Waals surface area contributed by atoms with Crippen LogP contribution in [0.3, 0.4) is 0 Å². The van der Waals surface area contributed by atoms with Gasteiger partial charge in [-0.1, -0.05) is 12.1 Å². The minimum absolute atomic E-state index is 0.326. The maximum atomic E-state index is 10.2. The summed E-state index contributed by atoms with van der Waals surface area (Å²) < 4.78 is 5.77. The molecule has 0 radical (unpaired) electrons. The van der Waals surface area contributed by atoms with Crippen LogP contribution in [0.5, 0.6) is 5.75 Å². The van der Waals surface area contributed by atoms with Gasteiger partial charge < -0.3 is 14.7 Å². The third-order valence-electron chi connectivity index (χ3n) is 4.51. The number of rotatable bonds is 8. The zero-order valence-electron chi connectivity index (χ0n) is 14.3. The van der Waals surface area contributed by atoms with Crippen LogP contribution in [0, 0.1) is 0 Å². The Balaban J connectivity index is 1.39. The summed E-state index contributed by atoms with van der Waals surface area (Å²) in [5.74, 6) is 0.867. The molecule has 0 amide bonds. The number of aliphatic hydroxyl groups is 1. The van der Waals surface area contributed by atoms with E-state index in [9.17, 15) is 5.11 Å². The quantitative estimate of drug-likeness (QED) is 0.809. The van der Waals surface area contributed by atoms with Crippen LogP contribution in [-0.4, -0.2) is 47.8 Å². The summed E-state index contributed by atoms with van der Waals surface area (Å²) in [7, 11) is 2.02. The molecule has 2 aromatic rings. The number of hydrogen-bond donors (Lipinski definition) is 1. The number of likely N-dealkylation sites (N-methyl/N-ethyl adjacent to an activating group) is 1. The second-order valence-electron chi connectivity index (χ2n) is 6.58. The van der Waals surface area contributed by atoms with Crippen molar-refractivity contribution >= 4 is 0 Å². The van der Waals surface area contributed by atoms with E-state index >= 15 is 0 Å². The van der Waals surface area contributed by atoms with E-state index in [4.69, 9.17) is 4.74 Å². The minimum Gasteiger partial charge on any atom is -0.491 e. The summed E-state index contributed by atoms with van der Waals surface area (Å²) in [4.78, 5) is 6.44. The highest BCUT2D eigenvalue weighted by atomic mass is 16.5. The Morgan fingerprint density at radius 1 is 1.21 bits per heavy atom. The van der Waals surface area contributed by atoms with Crippen molar-refractivity contribution in [3.05, 3.63) is 59.4 Å². The average molecular weight is 326 g/mol. The fourth-order valence-corrected chi connectivity index (χ4v) is 3.19. The van der Waals surface area contributed by atoms with Crippen molar-refractivity contribution in [3.63, 3.8) is 0 Å². The lowest BCUT2D eigenvalue weighted by atomic mass is 10.1. The van der Waals surface area contributed by atoms with Crippen molar-refractivity contribution in [2.75, 3.05) is 26.7 Å². The van der Waals surface area contributed by atoms with Gasteiger partial charge in [-0.15, -0.1) is 0 Å². The number of fused-ring (bicyclic) bond motifs is 1. The number of benzene rings is 1. The van der Waals surface area contributed by atoms with Crippen LogP contribution >= 0.6 is 0 Å². The lowest BCUT2D eigenvalue weighted by Gasteiger charge is -2.20. The molecule has 0 fully saturated rings. The van der Waals surface area contributed by atoms with Crippen molar-refractivity contribution in [3.8, 4) is 5.75 Å². The highest BCUT2D eigenvalue weighted by Crippen LogP contribution is 2.26. The van der Waals surface area contributed by atoms with Crippen LogP contribution in [-0.2, 0) is 19.3 Å². The molecule has 0 aliphatic heterocycles. The highest BCUT2D eigenvalue weighted by molar-refractivity contribution is 5.38. The van der Waals surface area contributed by atoms with Gasteiger partial charge >= 0.3 is 0 Å². The number of pyridine rings is 1. The SMILES string of the molecule is CN(CCc1ccccn1)CC(O)COc1ccc2c(c1)CCC2. The second kappa shape index (κ2) is 8.27. The molecule has 0 saturated carbocycles. The zero-order valence-corrected chi connectivity index (χ0v) is 14.3. The summed E-state index contributed by atoms with van der Waals surface area (Å²) in [6, 6.07) is 12.3. The number of nitrogens with zero attached hydrogens (tertiary/aromatic N) is 2. The molecule has 1 N–H and O–H groups in total. The number of ether oxygens (including phenoxy) is 1. The van der Waals surface area contributed by atoms with E-state index in [0.29, 0.717) is 13.2 Å². The summed E-state index contributed by atoms with van der Waals surface area (Å²) in [5, 5.41) is 10.2. The molecule has 1 aromatic carbocycles. The van der Waals surface area contributed by atoms with Gasteiger partial charge in [0.1, 0.15) is 18.5 Å². The molecule has 3 rings (SSSR count). The van der Waals surface area contributed by atoms with Gasteiger partial charge in [0.2, 0.25) is 0 Å². The first-order valence-electron chi connectivity index (χ1n) is 8.72. The normalized spacial score (nSPS) is 14.6. The van der Waals surface area contributed by atoms with E-state index in [1.54, 1.807) is 0 Å². The van der Waals surface area contributed by atoms with Gasteiger partial charge in [-0.2, -0.15) is 0 Å². The molecule has 0 spiro atoms. The predicted octanol–water partition coefficient (Wildman–Crippen LogP) is 2.48. The molecule has 128 valence electrons. The summed E-state index contributed by atoms with van der Waals surface area (Å²) in [5.41, 5.74) is 3.92. The third kappa shape index (κ3) is 4.79. The highest BCUT2D eigenvalue weighted by Gasteiger charge is 2.13. The molecule has 1 aliphatic rings. The molecule has 0 saturated heterocycles. The summed E-state index contributed by atoms with van der Waals surface area (Å²) >= 11 is 0. The monoisotopic (exact) mass is 326 g/mol. The maximum absolute atomic E-state index is 10.2. The smallest absolute Gasteiger partial charge is 0.119 e. The van der Waals surface area contributed by atoms with Crippen molar-refractivity contribution in [2.24, 2.45) is 0 Å². The maximum Gasteiger partial charge on any atom is 0.119 e. The van der Waals surface area contributed by atoms with Gasteiger partial charge in [-0.05, 0) is 61.7 Å². The van der Waals surface area contributed by atoms with E-state index in [0.717, 1.165) is 30.8 Å². The molecule has 1 unspecified atom stereocenters. The average Bonchev–Trinajstić information content (AvgIpc) is 3.07. The van der Waals surface area contributed by atoms with E-state index in [1.165, 1.54) is 24.0 Å². The second-order valence-corrected chi connectivity index (χ2v) is 6.58. The van der Waals surface area contributed by atoms with E-state index in [-0.39, 0.29) is 0 Å². The van der Waals surface area contributed by atoms with Crippen LogP contribution in [0.2, 0.25) is 0 Å². The molecule has 1 aliphatic carbocycles. The summed E-state index contributed by atoms with van der Waals surface area (Å²) in [6.45, 7) is 1.79. The first kappa shape index (κ1) is 16.9. The molecule has 4 nitrogen and oxygen atoms in total. The molecule has 4 heteroatoms. The van der Waals surface area contributed by atoms with Crippen molar-refractivity contribution in [2.45, 2.75) is 31.8 Å². The molecule has 0 bridgehead atoms. The predicted molar refractivity (Wildman–Crippen MR) is 95.4 cm³/mol. The van der Waals surface area contributed by atoms with Gasteiger partial charge in [0.25, 0.3) is 0 Å². The van der Waals surface area contributed by atoms with Crippen LogP contribution < -0.4 is 4.74 Å². The molecular weight excluding hydrogens is 300 g/mol. The standard InChI is InChI=1S/C20H26N2O2/c1-22(12-10-18-7-2-3-11-21-18)14-19(23)15-24-20-9-8-16-5-4-6-17(16)13-20/h2-3,7-9,11,13,19,23H,4-6,10,12,14-15H2,1H3. The van der Waals surface area contributed by atoms with Gasteiger partial charge in [0.15, 0.2) is 0 Å². The van der Waals surface area contributed by atoms with Gasteiger partial charge in [0, 0.05) is 31.4 Å². The Bertz CT molecular complexity index is 645. The third-order valence-corrected chi connectivity index (χ3v) is 4.51. The van der Waals surface area contributed by atoms with Gasteiger partial charge in [0.05, 0.1) is 0 Å². The fraction of sp³-hybridized carbons (Fsp3) is 0.450.